The van der Waals surface area contributed by atoms with Gasteiger partial charge in [0.2, 0.25) is 11.9 Å². The van der Waals surface area contributed by atoms with Crippen molar-refractivity contribution in [1.29, 1.82) is 0 Å². The number of ether oxygens (including phenoxy) is 3. The summed E-state index contributed by atoms with van der Waals surface area (Å²) in [7, 11) is 1.54. The maximum atomic E-state index is 11.9. The molecule has 22 heteroatoms. The number of imide groups is 1. The minimum Gasteiger partial charge on any atom is -0.396 e. The summed E-state index contributed by atoms with van der Waals surface area (Å²) in [6, 6.07) is -0.643. The van der Waals surface area contributed by atoms with Gasteiger partial charge in [0.05, 0.1) is 38.4 Å². The van der Waals surface area contributed by atoms with Gasteiger partial charge in [-0.2, -0.15) is 9.97 Å². The predicted molar refractivity (Wildman–Crippen MR) is 178 cm³/mol. The Morgan fingerprint density at radius 1 is 1.00 bits per heavy atom. The highest BCUT2D eigenvalue weighted by molar-refractivity contribution is 5.96. The van der Waals surface area contributed by atoms with Crippen LogP contribution in [0.3, 0.4) is 0 Å². The van der Waals surface area contributed by atoms with Crippen molar-refractivity contribution in [1.82, 2.24) is 39.3 Å². The van der Waals surface area contributed by atoms with Crippen LogP contribution in [0.2, 0.25) is 0 Å². The van der Waals surface area contributed by atoms with Crippen LogP contribution < -0.4 is 28.0 Å². The van der Waals surface area contributed by atoms with E-state index in [1.807, 2.05) is 0 Å². The van der Waals surface area contributed by atoms with Crippen molar-refractivity contribution in [2.24, 2.45) is 5.92 Å². The fourth-order valence-electron chi connectivity index (χ4n) is 6.43. The highest BCUT2D eigenvalue weighted by Crippen LogP contribution is 2.34. The number of imidazole rings is 1. The van der Waals surface area contributed by atoms with Crippen LogP contribution in [0.4, 0.5) is 16.6 Å². The lowest BCUT2D eigenvalue weighted by atomic mass is 10.1. The topological polar surface area (TPSA) is 329 Å². The van der Waals surface area contributed by atoms with Gasteiger partial charge in [-0.25, -0.2) is 14.6 Å². The molecule has 6 heterocycles. The number of H-pyrrole nitrogens is 1. The first-order valence-corrected chi connectivity index (χ1v) is 16.6. The first-order chi connectivity index (χ1) is 24.8. The molecule has 3 aliphatic heterocycles. The van der Waals surface area contributed by atoms with E-state index in [4.69, 9.17) is 35.9 Å². The number of rotatable bonds is 7. The number of hydrogen-bond acceptors (Lipinski definition) is 17. The van der Waals surface area contributed by atoms with E-state index in [1.165, 1.54) is 27.5 Å². The number of amides is 3. The molecule has 52 heavy (non-hydrogen) atoms. The van der Waals surface area contributed by atoms with E-state index in [1.54, 1.807) is 6.20 Å². The molecular formula is C30H44N10O12. The lowest BCUT2D eigenvalue weighted by Crippen LogP contribution is -2.55. The van der Waals surface area contributed by atoms with Gasteiger partial charge in [-0.15, -0.1) is 0 Å². The molecule has 3 saturated heterocycles. The van der Waals surface area contributed by atoms with Gasteiger partial charge in [-0.1, -0.05) is 0 Å². The maximum Gasteiger partial charge on any atom is 0.349 e. The molecule has 22 nitrogen and oxygen atoms in total. The second kappa shape index (κ2) is 16.9. The number of aliphatic hydroxyl groups excluding tert-OH is 5. The molecule has 286 valence electrons. The molecule has 11 N–H and O–H groups in total. The molecule has 4 fully saturated rings. The molecule has 3 aromatic heterocycles. The summed E-state index contributed by atoms with van der Waals surface area (Å²) in [5, 5.41) is 49.4. The molecule has 0 radical (unpaired) electrons. The Labute approximate surface area is 294 Å². The van der Waals surface area contributed by atoms with Crippen molar-refractivity contribution in [3.05, 3.63) is 38.9 Å². The zero-order valence-corrected chi connectivity index (χ0v) is 28.3. The molecule has 0 bridgehead atoms. The van der Waals surface area contributed by atoms with Crippen LogP contribution >= 0.6 is 0 Å². The van der Waals surface area contributed by atoms with E-state index >= 15 is 0 Å². The number of nitrogens with zero attached hydrogens (tertiary/aromatic N) is 6. The molecule has 1 saturated carbocycles. The monoisotopic (exact) mass is 736 g/mol. The van der Waals surface area contributed by atoms with Gasteiger partial charge in [0.1, 0.15) is 24.3 Å². The zero-order valence-electron chi connectivity index (χ0n) is 28.3. The SMILES string of the molecule is COCc1cn([C@@H]2C[C@H](CO)[C@@H](O)C2)c(=O)nc1N.Nc1nc2c(ncn2C2C[C@H](O)[C@@H](CO)O2)c(=O)[nH]1.O=C1CCN(C2OCC[C@H]2O)C(=O)N1. The fraction of sp³-hybridized carbons (Fsp3) is 0.633. The predicted octanol–water partition coefficient (Wildman–Crippen LogP) is -3.35. The van der Waals surface area contributed by atoms with Crippen molar-refractivity contribution < 1.29 is 49.3 Å². The van der Waals surface area contributed by atoms with Crippen LogP contribution in [0.1, 0.15) is 49.9 Å². The van der Waals surface area contributed by atoms with Gasteiger partial charge in [0.25, 0.3) is 5.56 Å². The number of nitrogens with one attached hydrogen (secondary N) is 2. The second-order valence-corrected chi connectivity index (χ2v) is 12.7. The maximum absolute atomic E-state index is 11.9. The number of nitrogens with two attached hydrogens (primary N) is 2. The molecule has 0 spiro atoms. The Balaban J connectivity index is 0.000000153. The molecule has 3 amide bonds. The molecule has 7 rings (SSSR count). The van der Waals surface area contributed by atoms with Gasteiger partial charge < -0.3 is 51.2 Å². The van der Waals surface area contributed by atoms with Crippen LogP contribution in [0, 0.1) is 5.92 Å². The lowest BCUT2D eigenvalue weighted by Gasteiger charge is -2.32. The third kappa shape index (κ3) is 8.56. The fourth-order valence-corrected chi connectivity index (χ4v) is 6.43. The summed E-state index contributed by atoms with van der Waals surface area (Å²) in [5.74, 6) is -0.323. The minimum atomic E-state index is -0.771. The number of aromatic nitrogens is 6. The van der Waals surface area contributed by atoms with Gasteiger partial charge in [-0.3, -0.25) is 33.9 Å². The number of anilines is 2. The van der Waals surface area contributed by atoms with Crippen LogP contribution in [0.5, 0.6) is 0 Å². The van der Waals surface area contributed by atoms with Gasteiger partial charge in [0, 0.05) is 63.2 Å². The summed E-state index contributed by atoms with van der Waals surface area (Å²) in [6.45, 7) is 0.675. The summed E-state index contributed by atoms with van der Waals surface area (Å²) in [6.07, 6.45) is 1.31. The molecule has 8 atom stereocenters. The summed E-state index contributed by atoms with van der Waals surface area (Å²) in [4.78, 5) is 61.2. The number of nitrogen functional groups attached to an aromatic ring is 2. The van der Waals surface area contributed by atoms with Gasteiger partial charge >= 0.3 is 11.7 Å². The Hall–Kier alpha value is -4.55. The number of methoxy groups -OCH3 is 1. The van der Waals surface area contributed by atoms with Crippen molar-refractivity contribution in [3.8, 4) is 0 Å². The minimum absolute atomic E-state index is 0.0171. The normalized spacial score (nSPS) is 28.7. The van der Waals surface area contributed by atoms with E-state index < -0.39 is 54.2 Å². The number of hydrogen-bond donors (Lipinski definition) is 9. The molecule has 3 aromatic rings. The number of aliphatic hydroxyl groups is 5. The van der Waals surface area contributed by atoms with Crippen LogP contribution in [-0.2, 0) is 25.6 Å². The van der Waals surface area contributed by atoms with Crippen LogP contribution in [0.25, 0.3) is 11.2 Å². The van der Waals surface area contributed by atoms with Crippen LogP contribution in [0.15, 0.2) is 22.1 Å². The smallest absolute Gasteiger partial charge is 0.349 e. The summed E-state index contributed by atoms with van der Waals surface area (Å²) < 4.78 is 18.7. The molecule has 2 unspecified atom stereocenters. The Bertz CT molecular complexity index is 1830. The largest absolute Gasteiger partial charge is 0.396 e. The van der Waals surface area contributed by atoms with Crippen molar-refractivity contribution >= 4 is 34.9 Å². The summed E-state index contributed by atoms with van der Waals surface area (Å²) in [5.41, 5.74) is 11.4. The summed E-state index contributed by atoms with van der Waals surface area (Å²) >= 11 is 0. The van der Waals surface area contributed by atoms with Gasteiger partial charge in [-0.05, 0) is 12.8 Å². The highest BCUT2D eigenvalue weighted by atomic mass is 16.5. The number of urea groups is 1. The third-order valence-electron chi connectivity index (χ3n) is 9.19. The van der Waals surface area contributed by atoms with Crippen molar-refractivity contribution in [2.45, 2.75) is 81.6 Å². The lowest BCUT2D eigenvalue weighted by molar-refractivity contribution is -0.124. The second-order valence-electron chi connectivity index (χ2n) is 12.7. The van der Waals surface area contributed by atoms with E-state index in [2.05, 4.69) is 25.3 Å². The average Bonchev–Trinajstić information content (AvgIpc) is 3.89. The van der Waals surface area contributed by atoms with E-state index in [-0.39, 0.29) is 73.5 Å². The van der Waals surface area contributed by atoms with Crippen molar-refractivity contribution in [2.75, 3.05) is 44.9 Å². The number of carbonyl (C=O) groups excluding carboxylic acids is 2. The van der Waals surface area contributed by atoms with Gasteiger partial charge in [0.15, 0.2) is 17.4 Å². The number of carbonyl (C=O) groups is 2. The highest BCUT2D eigenvalue weighted by Gasteiger charge is 2.38. The van der Waals surface area contributed by atoms with E-state index in [9.17, 15) is 34.5 Å². The standard InChI is InChI=1S/C12H19N3O4.C10H13N5O4.C8H12N2O4/c1-19-6-8-4-15(12(18)14-11(8)13)9-2-7(5-16)10(17)3-9;11-10-13-8-7(9(18)14-10)12-3-15(8)6-1-4(17)5(2-16)19-6;11-5-2-4-14-7(5)10-3-1-6(12)9-8(10)13/h4,7,9-10,16-17H,2-3,5-6H2,1H3,(H2,13,14,18);3-6,16-17H,1-2H2,(H3,11,13,14,18);5,7,11H,1-4H2,(H,9,12,13)/t7-,9-,10+;4-,5+,6?;5-,7?/m101/s1. The van der Waals surface area contributed by atoms with Crippen LogP contribution in [-0.4, -0.2) is 136 Å². The Morgan fingerprint density at radius 3 is 2.38 bits per heavy atom. The molecule has 4 aliphatic rings. The Kier molecular flexibility index (Phi) is 12.5. The zero-order chi connectivity index (χ0) is 37.7. The number of aromatic amines is 1. The first-order valence-electron chi connectivity index (χ1n) is 16.6. The van der Waals surface area contributed by atoms with E-state index in [0.717, 1.165) is 0 Å². The number of fused-ring (bicyclic) bond motifs is 1. The van der Waals surface area contributed by atoms with E-state index in [0.29, 0.717) is 38.0 Å². The third-order valence-corrected chi connectivity index (χ3v) is 9.19. The van der Waals surface area contributed by atoms with Crippen molar-refractivity contribution in [3.63, 3.8) is 0 Å². The molecular weight excluding hydrogens is 692 g/mol. The average molecular weight is 737 g/mol. The molecule has 0 aromatic carbocycles. The quantitative estimate of drug-likeness (QED) is 0.114. The first kappa shape index (κ1) is 38.7. The molecule has 1 aliphatic carbocycles. The Morgan fingerprint density at radius 2 is 1.77 bits per heavy atom.